The quantitative estimate of drug-likeness (QED) is 0.912. The lowest BCUT2D eigenvalue weighted by Crippen LogP contribution is -2.33. The van der Waals surface area contributed by atoms with E-state index in [2.05, 4.69) is 20.9 Å². The third kappa shape index (κ3) is 3.49. The number of methoxy groups -OCH3 is 1. The van der Waals surface area contributed by atoms with Crippen LogP contribution in [-0.2, 0) is 4.74 Å². The number of carbonyl (C=O) groups is 1. The van der Waals surface area contributed by atoms with Gasteiger partial charge in [-0.25, -0.2) is 9.78 Å². The van der Waals surface area contributed by atoms with Crippen molar-refractivity contribution in [3.8, 4) is 0 Å². The van der Waals surface area contributed by atoms with Crippen LogP contribution < -0.4 is 4.90 Å². The zero-order valence-electron chi connectivity index (χ0n) is 8.18. The topological polar surface area (TPSA) is 62.7 Å². The maximum absolute atomic E-state index is 10.9. The molecule has 0 saturated carbocycles. The molecule has 1 amide bonds. The zero-order chi connectivity index (χ0) is 11.3. The summed E-state index contributed by atoms with van der Waals surface area (Å²) < 4.78 is 5.63. The standard InChI is InChI=1S/C9H11BrN2O3/c1-15-5-4-12(9(13)14)8-3-2-7(10)6-11-8/h2-3,6H,4-5H2,1H3,(H,13,14). The van der Waals surface area contributed by atoms with E-state index in [-0.39, 0.29) is 6.54 Å². The number of halogens is 1. The summed E-state index contributed by atoms with van der Waals surface area (Å²) >= 11 is 3.23. The van der Waals surface area contributed by atoms with E-state index in [9.17, 15) is 4.79 Å². The molecule has 0 aliphatic rings. The highest BCUT2D eigenvalue weighted by Gasteiger charge is 2.14. The highest BCUT2D eigenvalue weighted by molar-refractivity contribution is 9.10. The van der Waals surface area contributed by atoms with Gasteiger partial charge in [0.05, 0.1) is 13.2 Å². The summed E-state index contributed by atoms with van der Waals surface area (Å²) in [4.78, 5) is 16.0. The predicted molar refractivity (Wildman–Crippen MR) is 59.2 cm³/mol. The number of carboxylic acid groups (broad SMARTS) is 1. The summed E-state index contributed by atoms with van der Waals surface area (Å²) in [5.74, 6) is 0.391. The molecule has 0 saturated heterocycles. The molecule has 0 aromatic carbocycles. The largest absolute Gasteiger partial charge is 0.465 e. The molecule has 0 aliphatic carbocycles. The number of pyridine rings is 1. The van der Waals surface area contributed by atoms with Gasteiger partial charge in [0.25, 0.3) is 0 Å². The van der Waals surface area contributed by atoms with Crippen molar-refractivity contribution in [1.29, 1.82) is 0 Å². The lowest BCUT2D eigenvalue weighted by Gasteiger charge is -2.17. The summed E-state index contributed by atoms with van der Waals surface area (Å²) in [6.07, 6.45) is 0.514. The molecule has 15 heavy (non-hydrogen) atoms. The van der Waals surface area contributed by atoms with Crippen molar-refractivity contribution in [1.82, 2.24) is 4.98 Å². The van der Waals surface area contributed by atoms with Crippen LogP contribution in [0.3, 0.4) is 0 Å². The SMILES string of the molecule is COCCN(C(=O)O)c1ccc(Br)cn1. The van der Waals surface area contributed by atoms with Gasteiger partial charge in [-0.15, -0.1) is 0 Å². The lowest BCUT2D eigenvalue weighted by atomic mass is 10.4. The smallest absolute Gasteiger partial charge is 0.413 e. The van der Waals surface area contributed by atoms with Crippen molar-refractivity contribution in [2.24, 2.45) is 0 Å². The van der Waals surface area contributed by atoms with E-state index < -0.39 is 6.09 Å². The molecule has 0 unspecified atom stereocenters. The van der Waals surface area contributed by atoms with E-state index in [4.69, 9.17) is 9.84 Å². The fraction of sp³-hybridized carbons (Fsp3) is 0.333. The lowest BCUT2D eigenvalue weighted by molar-refractivity contribution is 0.186. The predicted octanol–water partition coefficient (Wildman–Crippen LogP) is 1.97. The van der Waals surface area contributed by atoms with Gasteiger partial charge in [-0.1, -0.05) is 0 Å². The van der Waals surface area contributed by atoms with Crippen LogP contribution in [-0.4, -0.2) is 36.4 Å². The molecule has 1 N–H and O–H groups in total. The second-order valence-electron chi connectivity index (χ2n) is 2.76. The monoisotopic (exact) mass is 274 g/mol. The van der Waals surface area contributed by atoms with Gasteiger partial charge in [0.1, 0.15) is 5.82 Å². The Kier molecular flexibility index (Phi) is 4.51. The molecule has 0 spiro atoms. The number of ether oxygens (including phenoxy) is 1. The number of hydrogen-bond acceptors (Lipinski definition) is 3. The summed E-state index contributed by atoms with van der Waals surface area (Å²) in [5, 5.41) is 8.94. The summed E-state index contributed by atoms with van der Waals surface area (Å²) in [6.45, 7) is 0.602. The van der Waals surface area contributed by atoms with Gasteiger partial charge in [-0.2, -0.15) is 0 Å². The van der Waals surface area contributed by atoms with Gasteiger partial charge < -0.3 is 9.84 Å². The average molecular weight is 275 g/mol. The first-order valence-corrected chi connectivity index (χ1v) is 5.05. The Hall–Kier alpha value is -1.14. The van der Waals surface area contributed by atoms with E-state index in [1.54, 1.807) is 18.3 Å². The third-order valence-corrected chi connectivity index (χ3v) is 2.21. The van der Waals surface area contributed by atoms with Crippen molar-refractivity contribution < 1.29 is 14.6 Å². The van der Waals surface area contributed by atoms with Gasteiger partial charge >= 0.3 is 6.09 Å². The van der Waals surface area contributed by atoms with Gasteiger partial charge in [0, 0.05) is 17.8 Å². The number of hydrogen-bond donors (Lipinski definition) is 1. The summed E-state index contributed by atoms with van der Waals surface area (Å²) in [7, 11) is 1.52. The average Bonchev–Trinajstić information content (AvgIpc) is 2.21. The van der Waals surface area contributed by atoms with E-state index in [1.165, 1.54) is 7.11 Å². The second-order valence-corrected chi connectivity index (χ2v) is 3.68. The molecule has 82 valence electrons. The van der Waals surface area contributed by atoms with Crippen LogP contribution in [0.4, 0.5) is 10.6 Å². The second kappa shape index (κ2) is 5.67. The van der Waals surface area contributed by atoms with Crippen LogP contribution in [0.5, 0.6) is 0 Å². The normalized spacial score (nSPS) is 10.0. The number of anilines is 1. The molecule has 1 rings (SSSR count). The van der Waals surface area contributed by atoms with Crippen LogP contribution in [0.1, 0.15) is 0 Å². The van der Waals surface area contributed by atoms with Gasteiger partial charge in [0.15, 0.2) is 0 Å². The number of rotatable bonds is 4. The van der Waals surface area contributed by atoms with Crippen molar-refractivity contribution in [3.05, 3.63) is 22.8 Å². The maximum atomic E-state index is 10.9. The first-order valence-electron chi connectivity index (χ1n) is 4.26. The summed E-state index contributed by atoms with van der Waals surface area (Å²) in [6, 6.07) is 3.37. The Morgan fingerprint density at radius 2 is 2.40 bits per heavy atom. The molecule has 1 aromatic heterocycles. The van der Waals surface area contributed by atoms with Crippen LogP contribution in [0, 0.1) is 0 Å². The van der Waals surface area contributed by atoms with Crippen molar-refractivity contribution >= 4 is 27.8 Å². The fourth-order valence-corrected chi connectivity index (χ4v) is 1.25. The van der Waals surface area contributed by atoms with Crippen molar-refractivity contribution in [2.45, 2.75) is 0 Å². The van der Waals surface area contributed by atoms with Crippen LogP contribution in [0.15, 0.2) is 22.8 Å². The molecule has 0 radical (unpaired) electrons. The Balaban J connectivity index is 2.79. The number of aromatic nitrogens is 1. The molecule has 0 fully saturated rings. The molecular formula is C9H11BrN2O3. The highest BCUT2D eigenvalue weighted by Crippen LogP contribution is 2.14. The summed E-state index contributed by atoms with van der Waals surface area (Å²) in [5.41, 5.74) is 0. The Labute approximate surface area is 95.8 Å². The zero-order valence-corrected chi connectivity index (χ0v) is 9.77. The molecule has 0 aliphatic heterocycles. The molecule has 0 atom stereocenters. The molecular weight excluding hydrogens is 264 g/mol. The van der Waals surface area contributed by atoms with E-state index in [0.29, 0.717) is 12.4 Å². The molecule has 6 heteroatoms. The minimum atomic E-state index is -1.04. The highest BCUT2D eigenvalue weighted by atomic mass is 79.9. The minimum absolute atomic E-state index is 0.264. The maximum Gasteiger partial charge on any atom is 0.413 e. The van der Waals surface area contributed by atoms with Crippen LogP contribution in [0.25, 0.3) is 0 Å². The Morgan fingerprint density at radius 1 is 1.67 bits per heavy atom. The van der Waals surface area contributed by atoms with E-state index in [1.807, 2.05) is 0 Å². The number of amides is 1. The third-order valence-electron chi connectivity index (χ3n) is 1.74. The van der Waals surface area contributed by atoms with Crippen molar-refractivity contribution in [2.75, 3.05) is 25.2 Å². The molecule has 0 bridgehead atoms. The Morgan fingerprint density at radius 3 is 2.87 bits per heavy atom. The van der Waals surface area contributed by atoms with Gasteiger partial charge in [0.2, 0.25) is 0 Å². The fourth-order valence-electron chi connectivity index (χ4n) is 1.02. The van der Waals surface area contributed by atoms with Crippen LogP contribution in [0.2, 0.25) is 0 Å². The van der Waals surface area contributed by atoms with Crippen molar-refractivity contribution in [3.63, 3.8) is 0 Å². The minimum Gasteiger partial charge on any atom is -0.465 e. The van der Waals surface area contributed by atoms with Gasteiger partial charge in [-0.05, 0) is 28.1 Å². The van der Waals surface area contributed by atoms with Gasteiger partial charge in [-0.3, -0.25) is 4.90 Å². The van der Waals surface area contributed by atoms with Crippen LogP contribution >= 0.6 is 15.9 Å². The number of nitrogens with zero attached hydrogens (tertiary/aromatic N) is 2. The molecule has 1 aromatic rings. The van der Waals surface area contributed by atoms with E-state index in [0.717, 1.165) is 9.37 Å². The molecule has 1 heterocycles. The first kappa shape index (κ1) is 11.9. The van der Waals surface area contributed by atoms with E-state index >= 15 is 0 Å². The molecule has 5 nitrogen and oxygen atoms in total. The Bertz CT molecular complexity index is 329. The first-order chi connectivity index (χ1) is 7.15.